The number of halogens is 2. The van der Waals surface area contributed by atoms with Crippen LogP contribution in [0.15, 0.2) is 0 Å². The molecule has 3 heteroatoms. The van der Waals surface area contributed by atoms with Crippen LogP contribution >= 0.6 is 0 Å². The molecule has 0 radical (unpaired) electrons. The highest BCUT2D eigenvalue weighted by molar-refractivity contribution is 4.83. The van der Waals surface area contributed by atoms with E-state index in [4.69, 9.17) is 5.73 Å². The molecule has 1 unspecified atom stereocenters. The van der Waals surface area contributed by atoms with Crippen molar-refractivity contribution in [2.75, 3.05) is 0 Å². The summed E-state index contributed by atoms with van der Waals surface area (Å²) >= 11 is 0. The Morgan fingerprint density at radius 3 is 2.00 bits per heavy atom. The van der Waals surface area contributed by atoms with Crippen molar-refractivity contribution in [3.63, 3.8) is 0 Å². The third kappa shape index (κ3) is 7.56. The highest BCUT2D eigenvalue weighted by Crippen LogP contribution is 2.37. The Morgan fingerprint density at radius 2 is 1.45 bits per heavy atom. The molecular weight excluding hydrogens is 256 g/mol. The molecule has 0 spiro atoms. The summed E-state index contributed by atoms with van der Waals surface area (Å²) in [5.41, 5.74) is 6.17. The number of nitrogens with two attached hydrogens (primary N) is 1. The molecule has 0 amide bonds. The predicted octanol–water partition coefficient (Wildman–Crippen LogP) is 5.67. The lowest BCUT2D eigenvalue weighted by molar-refractivity contribution is -0.0484. The topological polar surface area (TPSA) is 26.0 Å². The number of hydrogen-bond acceptors (Lipinski definition) is 1. The first kappa shape index (κ1) is 17.9. The van der Waals surface area contributed by atoms with Gasteiger partial charge in [-0.2, -0.15) is 0 Å². The van der Waals surface area contributed by atoms with Crippen LogP contribution in [0.2, 0.25) is 0 Å². The van der Waals surface area contributed by atoms with Gasteiger partial charge in [-0.15, -0.1) is 0 Å². The van der Waals surface area contributed by atoms with E-state index in [1.807, 2.05) is 0 Å². The van der Waals surface area contributed by atoms with Gasteiger partial charge in [0.2, 0.25) is 5.92 Å². The van der Waals surface area contributed by atoms with E-state index in [2.05, 4.69) is 6.92 Å². The summed E-state index contributed by atoms with van der Waals surface area (Å²) < 4.78 is 26.2. The molecule has 120 valence electrons. The maximum Gasteiger partial charge on any atom is 0.248 e. The fourth-order valence-electron chi connectivity index (χ4n) is 3.24. The van der Waals surface area contributed by atoms with Crippen LogP contribution in [-0.2, 0) is 0 Å². The van der Waals surface area contributed by atoms with Gasteiger partial charge in [0.05, 0.1) is 0 Å². The van der Waals surface area contributed by atoms with Crippen LogP contribution in [0.1, 0.15) is 90.4 Å². The van der Waals surface area contributed by atoms with Crippen LogP contribution in [0, 0.1) is 5.92 Å². The second kappa shape index (κ2) is 9.70. The lowest BCUT2D eigenvalue weighted by Gasteiger charge is -2.32. The minimum absolute atomic E-state index is 0.0444. The number of alkyl halides is 2. The minimum atomic E-state index is -2.42. The van der Waals surface area contributed by atoms with E-state index < -0.39 is 5.92 Å². The molecule has 1 nitrogen and oxygen atoms in total. The molecule has 0 heterocycles. The third-order valence-corrected chi connectivity index (χ3v) is 4.76. The van der Waals surface area contributed by atoms with Gasteiger partial charge < -0.3 is 5.73 Å². The van der Waals surface area contributed by atoms with Gasteiger partial charge >= 0.3 is 0 Å². The van der Waals surface area contributed by atoms with E-state index in [0.29, 0.717) is 18.8 Å². The first-order valence-corrected chi connectivity index (χ1v) is 8.68. The Labute approximate surface area is 123 Å². The molecule has 1 fully saturated rings. The summed E-state index contributed by atoms with van der Waals surface area (Å²) in [5.74, 6) is -2.09. The van der Waals surface area contributed by atoms with Crippen LogP contribution in [0.5, 0.6) is 0 Å². The molecule has 1 aliphatic carbocycles. The molecule has 0 aromatic carbocycles. The zero-order valence-corrected chi connectivity index (χ0v) is 13.2. The molecule has 0 aromatic heterocycles. The number of rotatable bonds is 10. The van der Waals surface area contributed by atoms with Gasteiger partial charge in [0.1, 0.15) is 0 Å². The summed E-state index contributed by atoms with van der Waals surface area (Å²) in [5, 5.41) is 0. The third-order valence-electron chi connectivity index (χ3n) is 4.76. The lowest BCUT2D eigenvalue weighted by Crippen LogP contribution is -2.36. The van der Waals surface area contributed by atoms with Crippen molar-refractivity contribution in [3.05, 3.63) is 0 Å². The van der Waals surface area contributed by atoms with E-state index in [-0.39, 0.29) is 18.9 Å². The minimum Gasteiger partial charge on any atom is -0.327 e. The second-order valence-corrected chi connectivity index (χ2v) is 6.62. The normalized spacial score (nSPS) is 21.0. The van der Waals surface area contributed by atoms with E-state index >= 15 is 0 Å². The highest BCUT2D eigenvalue weighted by Gasteiger charge is 2.36. The Morgan fingerprint density at radius 1 is 0.950 bits per heavy atom. The number of unbranched alkanes of at least 4 members (excludes halogenated alkanes) is 7. The van der Waals surface area contributed by atoms with Gasteiger partial charge in [-0.05, 0) is 25.2 Å². The average molecular weight is 289 g/mol. The molecule has 1 rings (SSSR count). The van der Waals surface area contributed by atoms with Crippen LogP contribution in [0.4, 0.5) is 8.78 Å². The molecule has 0 bridgehead atoms. The van der Waals surface area contributed by atoms with Crippen molar-refractivity contribution in [3.8, 4) is 0 Å². The zero-order valence-electron chi connectivity index (χ0n) is 13.2. The maximum absolute atomic E-state index is 13.1. The van der Waals surface area contributed by atoms with Crippen LogP contribution in [-0.4, -0.2) is 12.0 Å². The summed E-state index contributed by atoms with van der Waals surface area (Å²) in [6.45, 7) is 2.24. The highest BCUT2D eigenvalue weighted by atomic mass is 19.3. The standard InChI is InChI=1S/C17H33F2N/c1-2-3-4-5-6-7-8-9-10-16(20)15-11-13-17(18,19)14-12-15/h15-16H,2-14,20H2,1H3. The summed E-state index contributed by atoms with van der Waals surface area (Å²) in [6, 6.07) is 0.145. The zero-order chi connectivity index (χ0) is 14.8. The molecule has 0 aromatic rings. The van der Waals surface area contributed by atoms with E-state index in [0.717, 1.165) is 6.42 Å². The van der Waals surface area contributed by atoms with Crippen LogP contribution in [0.3, 0.4) is 0 Å². The van der Waals surface area contributed by atoms with Gasteiger partial charge in [-0.25, -0.2) is 8.78 Å². The van der Waals surface area contributed by atoms with Gasteiger partial charge in [0.25, 0.3) is 0 Å². The van der Waals surface area contributed by atoms with Gasteiger partial charge in [-0.1, -0.05) is 58.3 Å². The fraction of sp³-hybridized carbons (Fsp3) is 1.00. The largest absolute Gasteiger partial charge is 0.327 e. The Balaban J connectivity index is 1.96. The first-order valence-electron chi connectivity index (χ1n) is 8.68. The van der Waals surface area contributed by atoms with E-state index in [1.165, 1.54) is 51.4 Å². The van der Waals surface area contributed by atoms with Crippen molar-refractivity contribution in [1.82, 2.24) is 0 Å². The first-order chi connectivity index (χ1) is 9.55. The Bertz CT molecular complexity index is 233. The van der Waals surface area contributed by atoms with E-state index in [9.17, 15) is 8.78 Å². The predicted molar refractivity (Wildman–Crippen MR) is 82.1 cm³/mol. The van der Waals surface area contributed by atoms with Crippen molar-refractivity contribution >= 4 is 0 Å². The smallest absolute Gasteiger partial charge is 0.248 e. The second-order valence-electron chi connectivity index (χ2n) is 6.62. The van der Waals surface area contributed by atoms with Crippen molar-refractivity contribution in [2.24, 2.45) is 11.7 Å². The number of hydrogen-bond donors (Lipinski definition) is 1. The van der Waals surface area contributed by atoms with Gasteiger partial charge in [-0.3, -0.25) is 0 Å². The molecule has 0 saturated heterocycles. The van der Waals surface area contributed by atoms with Crippen molar-refractivity contribution < 1.29 is 8.78 Å². The average Bonchev–Trinajstić information content (AvgIpc) is 2.41. The molecule has 1 aliphatic rings. The Kier molecular flexibility index (Phi) is 8.67. The van der Waals surface area contributed by atoms with Crippen LogP contribution in [0.25, 0.3) is 0 Å². The summed E-state index contributed by atoms with van der Waals surface area (Å²) in [6.07, 6.45) is 12.8. The molecule has 1 atom stereocenters. The SMILES string of the molecule is CCCCCCCCCCC(N)C1CCC(F)(F)CC1. The quantitative estimate of drug-likeness (QED) is 0.515. The maximum atomic E-state index is 13.1. The lowest BCUT2D eigenvalue weighted by atomic mass is 9.81. The molecular formula is C17H33F2N. The Hall–Kier alpha value is -0.180. The van der Waals surface area contributed by atoms with Crippen molar-refractivity contribution in [1.29, 1.82) is 0 Å². The van der Waals surface area contributed by atoms with Gasteiger partial charge in [0, 0.05) is 18.9 Å². The van der Waals surface area contributed by atoms with Crippen LogP contribution < -0.4 is 5.73 Å². The summed E-state index contributed by atoms with van der Waals surface area (Å²) in [7, 11) is 0. The molecule has 1 saturated carbocycles. The summed E-state index contributed by atoms with van der Waals surface area (Å²) in [4.78, 5) is 0. The monoisotopic (exact) mass is 289 g/mol. The molecule has 0 aliphatic heterocycles. The van der Waals surface area contributed by atoms with E-state index in [1.54, 1.807) is 0 Å². The molecule has 20 heavy (non-hydrogen) atoms. The van der Waals surface area contributed by atoms with Gasteiger partial charge in [0.15, 0.2) is 0 Å². The van der Waals surface area contributed by atoms with Crippen molar-refractivity contribution in [2.45, 2.75) is 102 Å². The fourth-order valence-corrected chi connectivity index (χ4v) is 3.24. The molecule has 2 N–H and O–H groups in total.